The molecule has 0 aromatic carbocycles. The van der Waals surface area contributed by atoms with Crippen molar-refractivity contribution in [2.75, 3.05) is 79.0 Å². The fraction of sp³-hybridized carbons (Fsp3) is 0.902. The zero-order chi connectivity index (χ0) is 44.8. The molecule has 0 fully saturated rings. The lowest BCUT2D eigenvalue weighted by atomic mass is 9.92. The van der Waals surface area contributed by atoms with E-state index in [0.717, 1.165) is 77.0 Å². The molecule has 0 amide bonds. The van der Waals surface area contributed by atoms with Gasteiger partial charge in [0.25, 0.3) is 0 Å². The number of rotatable bonds is 48. The number of hydrogen-bond donors (Lipinski definition) is 0. The summed E-state index contributed by atoms with van der Waals surface area (Å²) < 4.78 is 24.7. The third kappa shape index (κ3) is 39.6. The highest BCUT2D eigenvalue weighted by atomic mass is 16.5. The van der Waals surface area contributed by atoms with Crippen molar-refractivity contribution in [3.8, 4) is 0 Å². The predicted molar refractivity (Wildman–Crippen MR) is 233 cm³/mol. The number of nitrogens with zero attached hydrogens (tertiary/aromatic N) is 12. The van der Waals surface area contributed by atoms with Crippen LogP contribution in [0.25, 0.3) is 41.8 Å². The van der Waals surface area contributed by atoms with Gasteiger partial charge in [0.1, 0.15) is 23.1 Å². The molecule has 61 heavy (non-hydrogen) atoms. The van der Waals surface area contributed by atoms with E-state index in [9.17, 15) is 19.2 Å². The molecule has 0 atom stereocenters. The smallest absolute Gasteiger partial charge is 0.132 e. The van der Waals surface area contributed by atoms with Crippen molar-refractivity contribution in [2.24, 2.45) is 25.9 Å². The van der Waals surface area contributed by atoms with Crippen LogP contribution in [0, 0.1) is 5.41 Å². The second-order valence-corrected chi connectivity index (χ2v) is 15.3. The first kappa shape index (κ1) is 56.8. The predicted octanol–water partition coefficient (Wildman–Crippen LogP) is 10.9. The highest BCUT2D eigenvalue weighted by molar-refractivity contribution is 5.79. The molecular weight excluding hydrogens is 789 g/mol. The Labute approximate surface area is 361 Å². The van der Waals surface area contributed by atoms with E-state index in [1.165, 1.54) is 0 Å². The van der Waals surface area contributed by atoms with Crippen LogP contribution < -0.4 is 0 Å². The van der Waals surface area contributed by atoms with E-state index in [1.807, 2.05) is 0 Å². The topological polar surface area (TPSA) is 300 Å². The molecule has 344 valence electrons. The lowest BCUT2D eigenvalue weighted by Crippen LogP contribution is -2.42. The van der Waals surface area contributed by atoms with Crippen molar-refractivity contribution in [3.63, 3.8) is 0 Å². The maximum Gasteiger partial charge on any atom is 0.132 e. The van der Waals surface area contributed by atoms with Crippen molar-refractivity contribution in [2.45, 2.75) is 154 Å². The van der Waals surface area contributed by atoms with Gasteiger partial charge in [0.2, 0.25) is 0 Å². The largest absolute Gasteiger partial charge is 0.381 e. The number of unbranched alkanes of at least 4 members (excludes halogenated alkanes) is 8. The van der Waals surface area contributed by atoms with Gasteiger partial charge in [-0.25, -0.2) is 0 Å². The van der Waals surface area contributed by atoms with E-state index in [-0.39, 0.29) is 49.6 Å². The summed E-state index contributed by atoms with van der Waals surface area (Å²) in [7, 11) is 0. The van der Waals surface area contributed by atoms with Gasteiger partial charge in [0.05, 0.1) is 31.8 Å². The number of carbonyl (C=O) groups is 4. The molecule has 0 saturated carbocycles. The van der Waals surface area contributed by atoms with Gasteiger partial charge in [-0.1, -0.05) is 46.1 Å². The Balaban J connectivity index is 5.36. The lowest BCUT2D eigenvalue weighted by molar-refractivity contribution is -0.121. The fourth-order valence-corrected chi connectivity index (χ4v) is 6.30. The SMILES string of the molecule is [N-]=[N+]=NCCCCCC(=O)CCCOCC(COCCCC(=O)CCCCCN=[N+]=[N-])(COCCCC(=O)CCCCCN=[N+]=[N-])COCCCC(=O)CCCCCN=[N+]=[N-]. The summed E-state index contributed by atoms with van der Waals surface area (Å²) in [6.45, 7) is 3.98. The van der Waals surface area contributed by atoms with E-state index in [1.54, 1.807) is 0 Å². The van der Waals surface area contributed by atoms with Crippen molar-refractivity contribution < 1.29 is 38.1 Å². The molecule has 20 heteroatoms. The standard InChI is InChI=1S/C41H72N12O8/c42-50-46-25-9-1-5-17-37(54)21-13-29-58-33-41(34-59-30-14-22-38(55)18-6-2-10-26-47-51-43,35-60-31-15-23-39(56)19-7-3-11-27-48-52-44)36-61-32-16-24-40(57)20-8-4-12-28-49-53-45/h1-36H2. The monoisotopic (exact) mass is 861 g/mol. The minimum atomic E-state index is -0.738. The maximum absolute atomic E-state index is 12.5. The Hall–Kier alpha value is -4.24. The molecule has 0 heterocycles. The van der Waals surface area contributed by atoms with Crippen LogP contribution in [0.2, 0.25) is 0 Å². The van der Waals surface area contributed by atoms with Crippen LogP contribution in [0.1, 0.15) is 154 Å². The van der Waals surface area contributed by atoms with Gasteiger partial charge in [-0.05, 0) is 99.2 Å². The first-order valence-corrected chi connectivity index (χ1v) is 22.2. The molecule has 0 spiro atoms. The van der Waals surface area contributed by atoms with Gasteiger partial charge in [0, 0.05) is 124 Å². The Bertz CT molecular complexity index is 1170. The van der Waals surface area contributed by atoms with Crippen molar-refractivity contribution >= 4 is 23.1 Å². The van der Waals surface area contributed by atoms with Gasteiger partial charge >= 0.3 is 0 Å². The van der Waals surface area contributed by atoms with E-state index in [0.29, 0.717) is 130 Å². The number of Topliss-reactive ketones (excluding diaryl/α,β-unsaturated/α-hetero) is 4. The van der Waals surface area contributed by atoms with E-state index in [4.69, 9.17) is 41.1 Å². The van der Waals surface area contributed by atoms with Crippen LogP contribution in [-0.4, -0.2) is 102 Å². The average molecular weight is 861 g/mol. The highest BCUT2D eigenvalue weighted by Crippen LogP contribution is 2.22. The summed E-state index contributed by atoms with van der Waals surface area (Å²) in [5, 5.41) is 14.1. The molecule has 0 bridgehead atoms. The van der Waals surface area contributed by atoms with Crippen LogP contribution in [-0.2, 0) is 38.1 Å². The van der Waals surface area contributed by atoms with Crippen molar-refractivity contribution in [1.82, 2.24) is 0 Å². The zero-order valence-corrected chi connectivity index (χ0v) is 36.6. The second kappa shape index (κ2) is 43.8. The molecule has 0 aliphatic heterocycles. The van der Waals surface area contributed by atoms with Gasteiger partial charge in [-0.15, -0.1) is 0 Å². The molecule has 0 radical (unpaired) electrons. The van der Waals surface area contributed by atoms with Gasteiger partial charge in [-0.2, -0.15) is 0 Å². The maximum atomic E-state index is 12.5. The Morgan fingerprint density at radius 1 is 0.328 bits per heavy atom. The summed E-state index contributed by atoms with van der Waals surface area (Å²) >= 11 is 0. The van der Waals surface area contributed by atoms with E-state index < -0.39 is 5.41 Å². The first-order chi connectivity index (χ1) is 29.8. The average Bonchev–Trinajstić information content (AvgIpc) is 3.25. The normalized spacial score (nSPS) is 11.7. The van der Waals surface area contributed by atoms with Crippen LogP contribution in [0.15, 0.2) is 20.5 Å². The van der Waals surface area contributed by atoms with Gasteiger partial charge in [-0.3, -0.25) is 19.2 Å². The molecule has 0 N–H and O–H groups in total. The van der Waals surface area contributed by atoms with Crippen molar-refractivity contribution in [1.29, 1.82) is 0 Å². The zero-order valence-electron chi connectivity index (χ0n) is 36.6. The Kier molecular flexibility index (Phi) is 40.8. The molecule has 0 unspecified atom stereocenters. The minimum absolute atomic E-state index is 0.154. The summed E-state index contributed by atoms with van der Waals surface area (Å²) in [5.74, 6) is 0.618. The summed E-state index contributed by atoms with van der Waals surface area (Å²) in [6.07, 6.45) is 14.9. The number of ketones is 4. The van der Waals surface area contributed by atoms with Crippen LogP contribution >= 0.6 is 0 Å². The number of carbonyl (C=O) groups excluding carboxylic acids is 4. The van der Waals surface area contributed by atoms with Gasteiger partial charge in [0.15, 0.2) is 0 Å². The van der Waals surface area contributed by atoms with Crippen LogP contribution in [0.4, 0.5) is 0 Å². The van der Waals surface area contributed by atoms with Crippen LogP contribution in [0.5, 0.6) is 0 Å². The first-order valence-electron chi connectivity index (χ1n) is 22.2. The molecule has 20 nitrogen and oxygen atoms in total. The lowest BCUT2D eigenvalue weighted by Gasteiger charge is -2.33. The third-order valence-corrected chi connectivity index (χ3v) is 9.72. The molecule has 0 aliphatic carbocycles. The molecule has 0 saturated heterocycles. The quantitative estimate of drug-likeness (QED) is 0.0244. The molecule has 0 aromatic rings. The fourth-order valence-electron chi connectivity index (χ4n) is 6.30. The highest BCUT2D eigenvalue weighted by Gasteiger charge is 2.32. The van der Waals surface area contributed by atoms with Crippen molar-refractivity contribution in [3.05, 3.63) is 41.8 Å². The molecule has 0 rings (SSSR count). The molecule has 0 aromatic heterocycles. The van der Waals surface area contributed by atoms with Gasteiger partial charge < -0.3 is 18.9 Å². The third-order valence-electron chi connectivity index (χ3n) is 9.72. The molecule has 0 aliphatic rings. The number of ether oxygens (including phenoxy) is 4. The Morgan fingerprint density at radius 3 is 0.754 bits per heavy atom. The summed E-state index contributed by atoms with van der Waals surface area (Å²) in [6, 6.07) is 0. The van der Waals surface area contributed by atoms with E-state index >= 15 is 0 Å². The second-order valence-electron chi connectivity index (χ2n) is 15.3. The van der Waals surface area contributed by atoms with E-state index in [2.05, 4.69) is 40.1 Å². The summed E-state index contributed by atoms with van der Waals surface area (Å²) in [4.78, 5) is 60.8. The Morgan fingerprint density at radius 2 is 0.541 bits per heavy atom. The van der Waals surface area contributed by atoms with Crippen LogP contribution in [0.3, 0.4) is 0 Å². The summed E-state index contributed by atoms with van der Waals surface area (Å²) in [5.41, 5.74) is 32.9. The number of azide groups is 4. The number of hydrogen-bond acceptors (Lipinski definition) is 12. The minimum Gasteiger partial charge on any atom is -0.381 e. The molecular formula is C41H72N12O8.